The molecule has 1 unspecified atom stereocenters. The van der Waals surface area contributed by atoms with Gasteiger partial charge in [0, 0.05) is 17.1 Å². The van der Waals surface area contributed by atoms with Gasteiger partial charge >= 0.3 is 6.03 Å². The molecule has 4 aromatic rings. The number of H-pyrrole nitrogens is 1. The second-order valence-electron chi connectivity index (χ2n) is 7.64. The maximum Gasteiger partial charge on any atom is 0.344 e. The molecule has 34 heavy (non-hydrogen) atoms. The Hall–Kier alpha value is -4.12. The molecule has 4 amide bonds. The number of thioether (sulfide) groups is 1. The summed E-state index contributed by atoms with van der Waals surface area (Å²) in [6, 6.07) is 16.0. The van der Waals surface area contributed by atoms with Gasteiger partial charge in [-0.25, -0.2) is 4.79 Å². The Labute approximate surface area is 198 Å². The van der Waals surface area contributed by atoms with E-state index < -0.39 is 23.4 Å². The van der Waals surface area contributed by atoms with Crippen LogP contribution in [0.1, 0.15) is 18.9 Å². The summed E-state index contributed by atoms with van der Waals surface area (Å²) in [5.74, 6) is -0.897. The van der Waals surface area contributed by atoms with Crippen LogP contribution in [0, 0.1) is 0 Å². The van der Waals surface area contributed by atoms with Crippen molar-refractivity contribution in [1.82, 2.24) is 30.9 Å². The van der Waals surface area contributed by atoms with E-state index in [0.29, 0.717) is 17.9 Å². The summed E-state index contributed by atoms with van der Waals surface area (Å²) >= 11 is 1.01. The molecule has 1 aliphatic heterocycles. The quantitative estimate of drug-likeness (QED) is 0.275. The van der Waals surface area contributed by atoms with Crippen molar-refractivity contribution in [3.8, 4) is 11.5 Å². The van der Waals surface area contributed by atoms with Gasteiger partial charge in [0.25, 0.3) is 17.0 Å². The van der Waals surface area contributed by atoms with E-state index in [0.717, 1.165) is 33.2 Å². The summed E-state index contributed by atoms with van der Waals surface area (Å²) < 4.78 is 5.69. The zero-order chi connectivity index (χ0) is 23.7. The third-order valence-electron chi connectivity index (χ3n) is 5.68. The molecular weight excluding hydrogens is 456 g/mol. The monoisotopic (exact) mass is 476 g/mol. The molecule has 1 atom stereocenters. The van der Waals surface area contributed by atoms with Crippen LogP contribution in [0.25, 0.3) is 22.4 Å². The van der Waals surface area contributed by atoms with Crippen molar-refractivity contribution in [2.75, 3.05) is 5.75 Å². The molecule has 3 heterocycles. The van der Waals surface area contributed by atoms with Crippen molar-refractivity contribution in [2.24, 2.45) is 0 Å². The maximum absolute atomic E-state index is 13.1. The minimum Gasteiger partial charge on any atom is -0.411 e. The summed E-state index contributed by atoms with van der Waals surface area (Å²) in [7, 11) is 0. The van der Waals surface area contributed by atoms with Crippen molar-refractivity contribution >= 4 is 40.5 Å². The summed E-state index contributed by atoms with van der Waals surface area (Å²) in [6.07, 6.45) is 2.12. The Morgan fingerprint density at radius 2 is 1.88 bits per heavy atom. The molecule has 1 fully saturated rings. The van der Waals surface area contributed by atoms with E-state index in [1.54, 1.807) is 37.4 Å². The molecule has 0 saturated carbocycles. The number of hydrogen-bond donors (Lipinski definition) is 3. The van der Waals surface area contributed by atoms with E-state index in [4.69, 9.17) is 4.42 Å². The molecule has 11 heteroatoms. The maximum atomic E-state index is 13.1. The molecule has 5 rings (SSSR count). The fourth-order valence-electron chi connectivity index (χ4n) is 3.95. The van der Waals surface area contributed by atoms with Crippen LogP contribution in [0.5, 0.6) is 0 Å². The Bertz CT molecular complexity index is 1380. The lowest BCUT2D eigenvalue weighted by Gasteiger charge is -2.25. The van der Waals surface area contributed by atoms with Gasteiger partial charge in [-0.1, -0.05) is 67.2 Å². The van der Waals surface area contributed by atoms with Gasteiger partial charge in [-0.05, 0) is 18.1 Å². The molecule has 2 aromatic heterocycles. The predicted molar refractivity (Wildman–Crippen MR) is 124 cm³/mol. The first-order valence-electron chi connectivity index (χ1n) is 10.6. The normalized spacial score (nSPS) is 17.9. The Morgan fingerprint density at radius 3 is 2.68 bits per heavy atom. The number of nitrogens with one attached hydrogen (secondary N) is 3. The molecule has 2 aromatic carbocycles. The average Bonchev–Trinajstić information content (AvgIpc) is 3.56. The molecule has 172 valence electrons. The first-order chi connectivity index (χ1) is 16.5. The van der Waals surface area contributed by atoms with E-state index in [9.17, 15) is 14.4 Å². The number of imide groups is 1. The van der Waals surface area contributed by atoms with Gasteiger partial charge in [0.15, 0.2) is 0 Å². The molecule has 0 radical (unpaired) electrons. The van der Waals surface area contributed by atoms with Crippen molar-refractivity contribution in [1.29, 1.82) is 0 Å². The lowest BCUT2D eigenvalue weighted by atomic mass is 9.87. The number of benzene rings is 2. The molecule has 0 aliphatic carbocycles. The van der Waals surface area contributed by atoms with Crippen LogP contribution in [0.3, 0.4) is 0 Å². The number of nitrogens with zero attached hydrogens (tertiary/aromatic N) is 3. The zero-order valence-electron chi connectivity index (χ0n) is 18.1. The number of carbonyl (C=O) groups excluding carboxylic acids is 3. The van der Waals surface area contributed by atoms with E-state index >= 15 is 0 Å². The number of fused-ring (bicyclic) bond motifs is 1. The van der Waals surface area contributed by atoms with Crippen molar-refractivity contribution in [3.05, 3.63) is 66.4 Å². The number of hydrogen-bond acceptors (Lipinski definition) is 7. The van der Waals surface area contributed by atoms with Crippen LogP contribution in [0.2, 0.25) is 0 Å². The van der Waals surface area contributed by atoms with Crippen LogP contribution in [0.15, 0.2) is 70.4 Å². The number of hydrazine groups is 1. The van der Waals surface area contributed by atoms with Crippen LogP contribution < -0.4 is 10.7 Å². The summed E-state index contributed by atoms with van der Waals surface area (Å²) in [5, 5.41) is 12.6. The molecule has 1 saturated heterocycles. The van der Waals surface area contributed by atoms with Gasteiger partial charge in [0.2, 0.25) is 5.91 Å². The van der Waals surface area contributed by atoms with E-state index in [-0.39, 0.29) is 11.0 Å². The number of para-hydroxylation sites is 1. The largest absolute Gasteiger partial charge is 0.411 e. The Balaban J connectivity index is 1.24. The third kappa shape index (κ3) is 3.69. The highest BCUT2D eigenvalue weighted by Crippen LogP contribution is 2.32. The fourth-order valence-corrected chi connectivity index (χ4v) is 4.50. The number of aromatic amines is 1. The molecular formula is C23H20N6O4S. The predicted octanol–water partition coefficient (Wildman–Crippen LogP) is 3.20. The van der Waals surface area contributed by atoms with Crippen molar-refractivity contribution in [3.63, 3.8) is 0 Å². The second kappa shape index (κ2) is 8.67. The highest BCUT2D eigenvalue weighted by molar-refractivity contribution is 7.99. The first kappa shape index (κ1) is 21.7. The van der Waals surface area contributed by atoms with Crippen LogP contribution in [0.4, 0.5) is 4.79 Å². The zero-order valence-corrected chi connectivity index (χ0v) is 18.9. The topological polar surface area (TPSA) is 133 Å². The number of carbonyl (C=O) groups is 3. The van der Waals surface area contributed by atoms with Crippen LogP contribution in [-0.4, -0.2) is 43.8 Å². The van der Waals surface area contributed by atoms with Crippen LogP contribution in [-0.2, 0) is 15.1 Å². The number of aromatic nitrogens is 3. The SMILES string of the molecule is CCC1(c2ccccc2)NC(=O)N(NC(=O)CSc2nnc(-c3c[nH]c4ccccc34)o2)C1=O. The third-order valence-corrected chi connectivity index (χ3v) is 6.50. The fraction of sp³-hybridized carbons (Fsp3) is 0.174. The van der Waals surface area contributed by atoms with Gasteiger partial charge in [0.1, 0.15) is 5.54 Å². The Morgan fingerprint density at radius 1 is 1.12 bits per heavy atom. The summed E-state index contributed by atoms with van der Waals surface area (Å²) in [4.78, 5) is 41.3. The van der Waals surface area contributed by atoms with E-state index in [1.165, 1.54) is 0 Å². The average molecular weight is 477 g/mol. The highest BCUT2D eigenvalue weighted by Gasteiger charge is 2.52. The van der Waals surface area contributed by atoms with Crippen molar-refractivity contribution < 1.29 is 18.8 Å². The molecule has 10 nitrogen and oxygen atoms in total. The number of amides is 4. The van der Waals surface area contributed by atoms with Gasteiger partial charge < -0.3 is 14.7 Å². The van der Waals surface area contributed by atoms with Crippen LogP contribution >= 0.6 is 11.8 Å². The molecule has 0 spiro atoms. The first-order valence-corrected chi connectivity index (χ1v) is 11.5. The minimum absolute atomic E-state index is 0.128. The standard InChI is InChI=1S/C23H20N6O4S/c1-2-23(14-8-4-3-5-9-14)20(31)29(21(32)25-23)28-18(30)13-34-22-27-26-19(33-22)16-12-24-17-11-7-6-10-15(16)17/h3-12,24H,2,13H2,1H3,(H,25,32)(H,28,30). The molecule has 1 aliphatic rings. The molecule has 3 N–H and O–H groups in total. The lowest BCUT2D eigenvalue weighted by Crippen LogP contribution is -2.49. The lowest BCUT2D eigenvalue weighted by molar-refractivity contribution is -0.138. The second-order valence-corrected chi connectivity index (χ2v) is 8.57. The minimum atomic E-state index is -1.22. The van der Waals surface area contributed by atoms with E-state index in [2.05, 4.69) is 25.9 Å². The van der Waals surface area contributed by atoms with Gasteiger partial charge in [-0.3, -0.25) is 15.0 Å². The summed E-state index contributed by atoms with van der Waals surface area (Å²) in [6.45, 7) is 1.80. The van der Waals surface area contributed by atoms with Gasteiger partial charge in [-0.15, -0.1) is 10.2 Å². The van der Waals surface area contributed by atoms with Crippen molar-refractivity contribution in [2.45, 2.75) is 24.1 Å². The molecule has 0 bridgehead atoms. The summed E-state index contributed by atoms with van der Waals surface area (Å²) in [5.41, 5.74) is 3.51. The highest BCUT2D eigenvalue weighted by atomic mass is 32.2. The number of urea groups is 1. The number of rotatable bonds is 7. The Kier molecular flexibility index (Phi) is 5.54. The van der Waals surface area contributed by atoms with Gasteiger partial charge in [-0.2, -0.15) is 5.01 Å². The van der Waals surface area contributed by atoms with Gasteiger partial charge in [0.05, 0.1) is 11.3 Å². The smallest absolute Gasteiger partial charge is 0.344 e. The van der Waals surface area contributed by atoms with E-state index in [1.807, 2.05) is 30.3 Å².